The Kier molecular flexibility index (Phi) is 3.87. The quantitative estimate of drug-likeness (QED) is 0.883. The molecule has 0 aliphatic rings. The molecule has 0 aliphatic carbocycles. The fourth-order valence-electron chi connectivity index (χ4n) is 2.41. The fourth-order valence-corrected chi connectivity index (χ4v) is 2.41. The molecule has 2 aromatic heterocycles. The maximum absolute atomic E-state index is 5.35. The maximum atomic E-state index is 5.35. The highest BCUT2D eigenvalue weighted by molar-refractivity contribution is 5.24. The van der Waals surface area contributed by atoms with Gasteiger partial charge in [0.05, 0.1) is 12.0 Å². The van der Waals surface area contributed by atoms with Gasteiger partial charge in [0, 0.05) is 24.1 Å². The van der Waals surface area contributed by atoms with Crippen LogP contribution in [0.4, 0.5) is 0 Å². The predicted molar refractivity (Wildman–Crippen MR) is 69.4 cm³/mol. The van der Waals surface area contributed by atoms with Gasteiger partial charge in [0.25, 0.3) is 0 Å². The number of aromatic nitrogens is 1. The molecule has 4 nitrogen and oxygen atoms in total. The molecule has 1 N–H and O–H groups in total. The summed E-state index contributed by atoms with van der Waals surface area (Å²) in [7, 11) is 0. The van der Waals surface area contributed by atoms with Crippen molar-refractivity contribution in [3.05, 3.63) is 41.2 Å². The standard InChI is InChI=1S/C14H20N2O2/c1-9(8-13-6-5-7-17-13)15-10(2)14-11(3)16-18-12(14)4/h5-7,9-10,15H,8H2,1-4H3. The van der Waals surface area contributed by atoms with E-state index in [4.69, 9.17) is 8.94 Å². The third-order valence-corrected chi connectivity index (χ3v) is 3.14. The molecular weight excluding hydrogens is 228 g/mol. The van der Waals surface area contributed by atoms with Gasteiger partial charge >= 0.3 is 0 Å². The molecule has 2 atom stereocenters. The lowest BCUT2D eigenvalue weighted by atomic mass is 10.1. The van der Waals surface area contributed by atoms with Crippen LogP contribution in [-0.2, 0) is 6.42 Å². The van der Waals surface area contributed by atoms with Crippen LogP contribution in [0.3, 0.4) is 0 Å². The lowest BCUT2D eigenvalue weighted by molar-refractivity contribution is 0.388. The minimum absolute atomic E-state index is 0.223. The smallest absolute Gasteiger partial charge is 0.138 e. The van der Waals surface area contributed by atoms with Gasteiger partial charge in [0.1, 0.15) is 11.5 Å². The van der Waals surface area contributed by atoms with Crippen LogP contribution in [0.15, 0.2) is 27.3 Å². The second kappa shape index (κ2) is 5.40. The summed E-state index contributed by atoms with van der Waals surface area (Å²) in [6.45, 7) is 8.20. The number of nitrogens with one attached hydrogen (secondary N) is 1. The van der Waals surface area contributed by atoms with Crippen molar-refractivity contribution in [1.82, 2.24) is 10.5 Å². The first-order chi connectivity index (χ1) is 8.58. The Morgan fingerprint density at radius 1 is 1.33 bits per heavy atom. The van der Waals surface area contributed by atoms with Gasteiger partial charge in [-0.3, -0.25) is 0 Å². The van der Waals surface area contributed by atoms with Crippen LogP contribution < -0.4 is 5.32 Å². The van der Waals surface area contributed by atoms with E-state index in [9.17, 15) is 0 Å². The molecule has 2 aromatic rings. The summed E-state index contributed by atoms with van der Waals surface area (Å²) in [5, 5.41) is 7.53. The Labute approximate surface area is 107 Å². The summed E-state index contributed by atoms with van der Waals surface area (Å²) in [6, 6.07) is 4.47. The van der Waals surface area contributed by atoms with Gasteiger partial charge in [0.2, 0.25) is 0 Å². The zero-order valence-corrected chi connectivity index (χ0v) is 11.4. The third-order valence-electron chi connectivity index (χ3n) is 3.14. The zero-order valence-electron chi connectivity index (χ0n) is 11.4. The van der Waals surface area contributed by atoms with Gasteiger partial charge in [-0.25, -0.2) is 0 Å². The summed E-state index contributed by atoms with van der Waals surface area (Å²) >= 11 is 0. The summed E-state index contributed by atoms with van der Waals surface area (Å²) in [5.74, 6) is 1.89. The molecule has 0 aromatic carbocycles. The molecule has 0 spiro atoms. The number of hydrogen-bond donors (Lipinski definition) is 1. The molecule has 0 bridgehead atoms. The molecule has 98 valence electrons. The van der Waals surface area contributed by atoms with E-state index in [1.165, 1.54) is 0 Å². The van der Waals surface area contributed by atoms with E-state index in [1.54, 1.807) is 6.26 Å². The van der Waals surface area contributed by atoms with Crippen molar-refractivity contribution in [3.8, 4) is 0 Å². The van der Waals surface area contributed by atoms with Gasteiger partial charge < -0.3 is 14.3 Å². The molecular formula is C14H20N2O2. The molecule has 2 heterocycles. The van der Waals surface area contributed by atoms with Crippen LogP contribution in [0.1, 0.15) is 42.7 Å². The van der Waals surface area contributed by atoms with Crippen LogP contribution >= 0.6 is 0 Å². The lowest BCUT2D eigenvalue weighted by Gasteiger charge is -2.19. The number of nitrogens with zero attached hydrogens (tertiary/aromatic N) is 1. The van der Waals surface area contributed by atoms with Crippen molar-refractivity contribution in [2.75, 3.05) is 0 Å². The summed E-state index contributed by atoms with van der Waals surface area (Å²) < 4.78 is 10.5. The van der Waals surface area contributed by atoms with Crippen molar-refractivity contribution in [3.63, 3.8) is 0 Å². The summed E-state index contributed by atoms with van der Waals surface area (Å²) in [6.07, 6.45) is 2.58. The van der Waals surface area contributed by atoms with Crippen molar-refractivity contribution >= 4 is 0 Å². The summed E-state index contributed by atoms with van der Waals surface area (Å²) in [4.78, 5) is 0. The number of rotatable bonds is 5. The van der Waals surface area contributed by atoms with Crippen molar-refractivity contribution in [2.24, 2.45) is 0 Å². The normalized spacial score (nSPS) is 14.7. The Morgan fingerprint density at radius 3 is 2.67 bits per heavy atom. The predicted octanol–water partition coefficient (Wildman–Crippen LogP) is 3.17. The number of hydrogen-bond acceptors (Lipinski definition) is 4. The molecule has 2 unspecified atom stereocenters. The SMILES string of the molecule is Cc1noc(C)c1C(C)NC(C)Cc1ccco1. The van der Waals surface area contributed by atoms with Gasteiger partial charge in [-0.1, -0.05) is 5.16 Å². The number of furan rings is 1. The molecule has 0 fully saturated rings. The number of aryl methyl sites for hydroxylation is 2. The first-order valence-electron chi connectivity index (χ1n) is 6.29. The molecule has 18 heavy (non-hydrogen) atoms. The highest BCUT2D eigenvalue weighted by atomic mass is 16.5. The van der Waals surface area contributed by atoms with E-state index in [0.29, 0.717) is 6.04 Å². The second-order valence-corrected chi connectivity index (χ2v) is 4.81. The Bertz CT molecular complexity index is 468. The third kappa shape index (κ3) is 2.82. The van der Waals surface area contributed by atoms with Gasteiger partial charge in [-0.05, 0) is 39.8 Å². The van der Waals surface area contributed by atoms with Crippen LogP contribution in [0, 0.1) is 13.8 Å². The molecule has 0 aliphatic heterocycles. The molecule has 2 rings (SSSR count). The monoisotopic (exact) mass is 248 g/mol. The largest absolute Gasteiger partial charge is 0.469 e. The Balaban J connectivity index is 1.97. The highest BCUT2D eigenvalue weighted by Crippen LogP contribution is 2.21. The molecule has 0 amide bonds. The van der Waals surface area contributed by atoms with Crippen LogP contribution in [0.25, 0.3) is 0 Å². The van der Waals surface area contributed by atoms with E-state index in [0.717, 1.165) is 29.2 Å². The highest BCUT2D eigenvalue weighted by Gasteiger charge is 2.18. The van der Waals surface area contributed by atoms with Crippen LogP contribution in [-0.4, -0.2) is 11.2 Å². The molecule has 4 heteroatoms. The lowest BCUT2D eigenvalue weighted by Crippen LogP contribution is -2.31. The van der Waals surface area contributed by atoms with E-state index < -0.39 is 0 Å². The second-order valence-electron chi connectivity index (χ2n) is 4.81. The topological polar surface area (TPSA) is 51.2 Å². The van der Waals surface area contributed by atoms with E-state index in [-0.39, 0.29) is 6.04 Å². The molecule has 0 saturated carbocycles. The Morgan fingerprint density at radius 2 is 2.11 bits per heavy atom. The Hall–Kier alpha value is -1.55. The summed E-state index contributed by atoms with van der Waals surface area (Å²) in [5.41, 5.74) is 2.11. The zero-order chi connectivity index (χ0) is 13.1. The minimum atomic E-state index is 0.223. The average Bonchev–Trinajstić information content (AvgIpc) is 2.89. The maximum Gasteiger partial charge on any atom is 0.138 e. The van der Waals surface area contributed by atoms with E-state index in [1.807, 2.05) is 26.0 Å². The van der Waals surface area contributed by atoms with E-state index >= 15 is 0 Å². The first-order valence-corrected chi connectivity index (χ1v) is 6.29. The van der Waals surface area contributed by atoms with Crippen molar-refractivity contribution < 1.29 is 8.94 Å². The fraction of sp³-hybridized carbons (Fsp3) is 0.500. The average molecular weight is 248 g/mol. The van der Waals surface area contributed by atoms with Gasteiger partial charge in [-0.15, -0.1) is 0 Å². The molecule has 0 saturated heterocycles. The van der Waals surface area contributed by atoms with Gasteiger partial charge in [-0.2, -0.15) is 0 Å². The van der Waals surface area contributed by atoms with Crippen molar-refractivity contribution in [1.29, 1.82) is 0 Å². The van der Waals surface area contributed by atoms with Gasteiger partial charge in [0.15, 0.2) is 0 Å². The minimum Gasteiger partial charge on any atom is -0.469 e. The molecule has 0 radical (unpaired) electrons. The van der Waals surface area contributed by atoms with Crippen LogP contribution in [0.2, 0.25) is 0 Å². The van der Waals surface area contributed by atoms with Crippen LogP contribution in [0.5, 0.6) is 0 Å². The van der Waals surface area contributed by atoms with E-state index in [2.05, 4.69) is 24.3 Å². The first kappa shape index (κ1) is 12.9. The van der Waals surface area contributed by atoms with Crippen molar-refractivity contribution in [2.45, 2.75) is 46.2 Å².